The lowest BCUT2D eigenvalue weighted by molar-refractivity contribution is -0.314. The van der Waals surface area contributed by atoms with Crippen LogP contribution in [0.3, 0.4) is 0 Å². The van der Waals surface area contributed by atoms with Crippen LogP contribution in [0.5, 0.6) is 0 Å². The summed E-state index contributed by atoms with van der Waals surface area (Å²) in [4.78, 5) is 4.10. The molecule has 1 aliphatic carbocycles. The summed E-state index contributed by atoms with van der Waals surface area (Å²) in [6.45, 7) is 4.61. The first kappa shape index (κ1) is 24.4. The Hall–Kier alpha value is -2.24. The summed E-state index contributed by atoms with van der Waals surface area (Å²) in [5.41, 5.74) is -3.22. The Labute approximate surface area is 184 Å². The van der Waals surface area contributed by atoms with Crippen molar-refractivity contribution < 1.29 is 30.7 Å². The minimum atomic E-state index is -4.96. The lowest BCUT2D eigenvalue weighted by Crippen LogP contribution is -2.57. The normalized spacial score (nSPS) is 17.7. The SMILES string of the molecule is C=C(Nc1ccnc(SC)c1)c1c(C)c(C(C)(F)F)nn1CC1(C(F)(F)F)CC(F)(F)C1. The van der Waals surface area contributed by atoms with Crippen LogP contribution in [0.4, 0.5) is 36.4 Å². The van der Waals surface area contributed by atoms with Gasteiger partial charge in [0.05, 0.1) is 28.4 Å². The number of hydrogen-bond donors (Lipinski definition) is 1. The minimum absolute atomic E-state index is 0.00663. The van der Waals surface area contributed by atoms with Crippen molar-refractivity contribution in [1.82, 2.24) is 14.8 Å². The zero-order valence-electron chi connectivity index (χ0n) is 17.5. The van der Waals surface area contributed by atoms with Crippen molar-refractivity contribution in [1.29, 1.82) is 0 Å². The van der Waals surface area contributed by atoms with Gasteiger partial charge in [-0.1, -0.05) is 6.58 Å². The Morgan fingerprint density at radius 1 is 1.25 bits per heavy atom. The van der Waals surface area contributed by atoms with E-state index in [-0.39, 0.29) is 17.0 Å². The molecule has 0 spiro atoms. The van der Waals surface area contributed by atoms with E-state index in [1.807, 2.05) is 0 Å². The number of pyridine rings is 1. The van der Waals surface area contributed by atoms with E-state index in [4.69, 9.17) is 0 Å². The summed E-state index contributed by atoms with van der Waals surface area (Å²) in [7, 11) is 0. The maximum absolute atomic E-state index is 14.1. The highest BCUT2D eigenvalue weighted by molar-refractivity contribution is 7.98. The summed E-state index contributed by atoms with van der Waals surface area (Å²) in [6, 6.07) is 3.21. The molecule has 0 aliphatic heterocycles. The molecule has 0 bridgehead atoms. The fraction of sp³-hybridized carbons (Fsp3) is 0.500. The molecule has 176 valence electrons. The smallest absolute Gasteiger partial charge is 0.354 e. The van der Waals surface area contributed by atoms with E-state index in [0.717, 1.165) is 4.68 Å². The van der Waals surface area contributed by atoms with Crippen molar-refractivity contribution >= 4 is 23.1 Å². The number of alkyl halides is 7. The molecule has 12 heteroatoms. The molecule has 0 aromatic carbocycles. The Morgan fingerprint density at radius 2 is 1.88 bits per heavy atom. The van der Waals surface area contributed by atoms with E-state index in [1.54, 1.807) is 18.4 Å². The highest BCUT2D eigenvalue weighted by Crippen LogP contribution is 2.61. The van der Waals surface area contributed by atoms with Crippen LogP contribution in [0.25, 0.3) is 5.70 Å². The van der Waals surface area contributed by atoms with Gasteiger partial charge in [-0.3, -0.25) is 4.68 Å². The molecule has 0 unspecified atom stereocenters. The molecule has 32 heavy (non-hydrogen) atoms. The Morgan fingerprint density at radius 3 is 2.38 bits per heavy atom. The molecular weight excluding hydrogens is 461 g/mol. The van der Waals surface area contributed by atoms with E-state index in [2.05, 4.69) is 22.0 Å². The van der Waals surface area contributed by atoms with Crippen molar-refractivity contribution in [2.75, 3.05) is 11.6 Å². The number of anilines is 1. The van der Waals surface area contributed by atoms with Gasteiger partial charge in [-0.15, -0.1) is 11.8 Å². The average molecular weight is 482 g/mol. The van der Waals surface area contributed by atoms with Gasteiger partial charge in [0, 0.05) is 37.2 Å². The Bertz CT molecular complexity index is 1020. The zero-order valence-corrected chi connectivity index (χ0v) is 18.3. The summed E-state index contributed by atoms with van der Waals surface area (Å²) in [6.07, 6.45) is -4.54. The third-order valence-corrected chi connectivity index (χ3v) is 6.02. The van der Waals surface area contributed by atoms with Crippen molar-refractivity contribution in [3.63, 3.8) is 0 Å². The van der Waals surface area contributed by atoms with Crippen molar-refractivity contribution in [2.45, 2.75) is 56.3 Å². The quantitative estimate of drug-likeness (QED) is 0.362. The molecule has 1 fully saturated rings. The molecule has 0 radical (unpaired) electrons. The van der Waals surface area contributed by atoms with E-state index in [0.29, 0.717) is 17.6 Å². The number of hydrogen-bond acceptors (Lipinski definition) is 4. The first-order valence-electron chi connectivity index (χ1n) is 9.45. The number of rotatable bonds is 7. The fourth-order valence-electron chi connectivity index (χ4n) is 3.92. The third-order valence-electron chi connectivity index (χ3n) is 5.38. The van der Waals surface area contributed by atoms with Crippen molar-refractivity contribution in [2.24, 2.45) is 5.41 Å². The highest BCUT2D eigenvalue weighted by Gasteiger charge is 2.69. The summed E-state index contributed by atoms with van der Waals surface area (Å²) < 4.78 is 97.0. The van der Waals surface area contributed by atoms with Crippen LogP contribution in [0.15, 0.2) is 29.9 Å². The van der Waals surface area contributed by atoms with Gasteiger partial charge in [0.15, 0.2) is 0 Å². The molecule has 2 aromatic heterocycles. The van der Waals surface area contributed by atoms with Crippen LogP contribution in [0.2, 0.25) is 0 Å². The minimum Gasteiger partial charge on any atom is -0.354 e. The predicted octanol–water partition coefficient (Wildman–Crippen LogP) is 6.48. The maximum Gasteiger partial charge on any atom is 0.396 e. The van der Waals surface area contributed by atoms with Crippen molar-refractivity contribution in [3.8, 4) is 0 Å². The van der Waals surface area contributed by atoms with E-state index in [9.17, 15) is 30.7 Å². The fourth-order valence-corrected chi connectivity index (χ4v) is 4.34. The molecule has 0 saturated heterocycles. The van der Waals surface area contributed by atoms with Gasteiger partial charge in [-0.2, -0.15) is 27.1 Å². The van der Waals surface area contributed by atoms with Crippen LogP contribution in [-0.2, 0) is 12.5 Å². The van der Waals surface area contributed by atoms with E-state index >= 15 is 0 Å². The van der Waals surface area contributed by atoms with Gasteiger partial charge in [0.25, 0.3) is 5.92 Å². The number of halogens is 7. The molecule has 1 saturated carbocycles. The van der Waals surface area contributed by atoms with Crippen LogP contribution in [0.1, 0.15) is 36.7 Å². The van der Waals surface area contributed by atoms with Gasteiger partial charge in [-0.25, -0.2) is 13.8 Å². The van der Waals surface area contributed by atoms with Gasteiger partial charge in [0.2, 0.25) is 5.92 Å². The lowest BCUT2D eigenvalue weighted by atomic mass is 9.65. The summed E-state index contributed by atoms with van der Waals surface area (Å²) in [5.74, 6) is -6.93. The largest absolute Gasteiger partial charge is 0.396 e. The number of nitrogens with zero attached hydrogens (tertiary/aromatic N) is 3. The third kappa shape index (κ3) is 4.60. The van der Waals surface area contributed by atoms with Gasteiger partial charge < -0.3 is 5.32 Å². The molecule has 1 aliphatic rings. The molecule has 2 heterocycles. The molecule has 0 amide bonds. The van der Waals surface area contributed by atoms with E-state index < -0.39 is 48.5 Å². The maximum atomic E-state index is 14.1. The molecule has 2 aromatic rings. The van der Waals surface area contributed by atoms with Gasteiger partial charge in [0.1, 0.15) is 5.69 Å². The molecule has 1 N–H and O–H groups in total. The Kier molecular flexibility index (Phi) is 6.07. The monoisotopic (exact) mass is 482 g/mol. The molecular formula is C20H21F7N4S. The summed E-state index contributed by atoms with van der Waals surface area (Å²) >= 11 is 1.35. The zero-order chi connectivity index (χ0) is 24.1. The van der Waals surface area contributed by atoms with Crippen LogP contribution in [-0.4, -0.2) is 33.1 Å². The van der Waals surface area contributed by atoms with Gasteiger partial charge in [-0.05, 0) is 25.3 Å². The van der Waals surface area contributed by atoms with Crippen LogP contribution >= 0.6 is 11.8 Å². The highest BCUT2D eigenvalue weighted by atomic mass is 32.2. The summed E-state index contributed by atoms with van der Waals surface area (Å²) in [5, 5.41) is 7.22. The number of thioether (sulfide) groups is 1. The first-order valence-corrected chi connectivity index (χ1v) is 10.7. The predicted molar refractivity (Wildman–Crippen MR) is 108 cm³/mol. The lowest BCUT2D eigenvalue weighted by Gasteiger charge is -2.48. The van der Waals surface area contributed by atoms with Gasteiger partial charge >= 0.3 is 6.18 Å². The second-order valence-corrected chi connectivity index (χ2v) is 8.87. The second kappa shape index (κ2) is 7.96. The first-order chi connectivity index (χ1) is 14.6. The van der Waals surface area contributed by atoms with E-state index in [1.165, 1.54) is 24.9 Å². The molecule has 0 atom stereocenters. The number of nitrogens with one attached hydrogen (secondary N) is 1. The Balaban J connectivity index is 2.03. The van der Waals surface area contributed by atoms with Crippen LogP contribution < -0.4 is 5.32 Å². The molecule has 3 rings (SSSR count). The number of aromatic nitrogens is 3. The molecule has 4 nitrogen and oxygen atoms in total. The average Bonchev–Trinajstić information content (AvgIpc) is 2.95. The van der Waals surface area contributed by atoms with Crippen LogP contribution in [0, 0.1) is 12.3 Å². The standard InChI is InChI=1S/C20H21F7N4S/c1-11-15(12(2)29-13-5-6-28-14(7-13)32-4)31(30-16(11)17(3,21)22)10-18(20(25,26)27)8-19(23,24)9-18/h5-7H,2,8-10H2,1,3-4H3,(H,28,29). The topological polar surface area (TPSA) is 42.7 Å². The van der Waals surface area contributed by atoms with Crippen molar-refractivity contribution in [3.05, 3.63) is 41.9 Å². The second-order valence-electron chi connectivity index (χ2n) is 8.05.